The van der Waals surface area contributed by atoms with Crippen LogP contribution in [0.1, 0.15) is 39.5 Å². The van der Waals surface area contributed by atoms with Gasteiger partial charge in [0, 0.05) is 13.2 Å². The van der Waals surface area contributed by atoms with Gasteiger partial charge in [-0.1, -0.05) is 26.2 Å². The molecule has 1 heterocycles. The first-order valence-corrected chi connectivity index (χ1v) is 7.84. The average Bonchev–Trinajstić information content (AvgIpc) is 2.55. The maximum Gasteiger partial charge on any atom is 0.338 e. The predicted octanol–water partition coefficient (Wildman–Crippen LogP) is 3.08. The molecule has 1 aliphatic rings. The Morgan fingerprint density at radius 1 is 1.08 bits per heavy atom. The maximum absolute atomic E-state index is 5.99. The van der Waals surface area contributed by atoms with Gasteiger partial charge >= 0.3 is 8.56 Å². The normalized spacial score (nSPS) is 20.8. The smallest absolute Gasteiger partial charge is 0.338 e. The van der Waals surface area contributed by atoms with Crippen LogP contribution >= 0.6 is 0 Å². The Morgan fingerprint density at radius 2 is 1.77 bits per heavy atom. The molecule has 1 rings (SSSR count). The monoisotopic (exact) mass is 202 g/mol. The van der Waals surface area contributed by atoms with Crippen LogP contribution in [0.15, 0.2) is 0 Å². The zero-order valence-corrected chi connectivity index (χ0v) is 9.97. The lowest BCUT2D eigenvalue weighted by Crippen LogP contribution is -2.39. The lowest BCUT2D eigenvalue weighted by molar-refractivity contribution is 0.178. The van der Waals surface area contributed by atoms with Gasteiger partial charge in [0.1, 0.15) is 0 Å². The molecular weight excluding hydrogens is 180 g/mol. The first kappa shape index (κ1) is 11.2. The van der Waals surface area contributed by atoms with E-state index in [1.54, 1.807) is 0 Å². The van der Waals surface area contributed by atoms with Crippen molar-refractivity contribution in [3.05, 3.63) is 0 Å². The third kappa shape index (κ3) is 3.41. The summed E-state index contributed by atoms with van der Waals surface area (Å²) in [6, 6.07) is 2.45. The van der Waals surface area contributed by atoms with Crippen LogP contribution in [0.3, 0.4) is 0 Å². The molecule has 0 bridgehead atoms. The minimum absolute atomic E-state index is 0.832. The highest BCUT2D eigenvalue weighted by Crippen LogP contribution is 2.31. The zero-order chi connectivity index (χ0) is 9.57. The molecule has 0 amide bonds. The van der Waals surface area contributed by atoms with E-state index < -0.39 is 8.56 Å². The fourth-order valence-corrected chi connectivity index (χ4v) is 5.44. The molecule has 0 spiro atoms. The number of rotatable bonds is 6. The van der Waals surface area contributed by atoms with E-state index in [1.807, 2.05) is 0 Å². The molecule has 0 aromatic rings. The molecular formula is C10H22O2Si. The lowest BCUT2D eigenvalue weighted by Gasteiger charge is -2.25. The van der Waals surface area contributed by atoms with Crippen LogP contribution in [0.4, 0.5) is 0 Å². The summed E-state index contributed by atoms with van der Waals surface area (Å²) in [7, 11) is -1.67. The number of hydrogen-bond acceptors (Lipinski definition) is 2. The van der Waals surface area contributed by atoms with Gasteiger partial charge in [-0.3, -0.25) is 0 Å². The molecule has 0 aromatic carbocycles. The molecule has 78 valence electrons. The zero-order valence-electron chi connectivity index (χ0n) is 8.97. The van der Waals surface area contributed by atoms with Gasteiger partial charge in [-0.25, -0.2) is 0 Å². The van der Waals surface area contributed by atoms with Crippen molar-refractivity contribution in [2.75, 3.05) is 13.2 Å². The summed E-state index contributed by atoms with van der Waals surface area (Å²) in [6.45, 7) is 6.03. The highest BCUT2D eigenvalue weighted by molar-refractivity contribution is 6.68. The number of unbranched alkanes of at least 4 members (excludes halogenated alkanes) is 1. The van der Waals surface area contributed by atoms with Crippen molar-refractivity contribution in [3.8, 4) is 0 Å². The molecule has 1 saturated heterocycles. The summed E-state index contributed by atoms with van der Waals surface area (Å²) in [5.74, 6) is 0. The van der Waals surface area contributed by atoms with Crippen molar-refractivity contribution in [2.45, 2.75) is 51.6 Å². The standard InChI is InChI=1S/C10H22O2Si/c1-3-5-8-12-13(11-4-2)9-6-7-10-13/h3-10H2,1-2H3. The summed E-state index contributed by atoms with van der Waals surface area (Å²) in [4.78, 5) is 0. The molecule has 13 heavy (non-hydrogen) atoms. The van der Waals surface area contributed by atoms with Crippen molar-refractivity contribution in [1.29, 1.82) is 0 Å². The minimum Gasteiger partial charge on any atom is -0.394 e. The van der Waals surface area contributed by atoms with Crippen LogP contribution in [-0.4, -0.2) is 21.8 Å². The highest BCUT2D eigenvalue weighted by atomic mass is 28.4. The fourth-order valence-electron chi connectivity index (χ4n) is 1.91. The quantitative estimate of drug-likeness (QED) is 0.487. The summed E-state index contributed by atoms with van der Waals surface area (Å²) >= 11 is 0. The summed E-state index contributed by atoms with van der Waals surface area (Å²) in [5, 5.41) is 0. The first-order valence-electron chi connectivity index (χ1n) is 5.61. The third-order valence-electron chi connectivity index (χ3n) is 2.64. The highest BCUT2D eigenvalue weighted by Gasteiger charge is 2.40. The second kappa shape index (κ2) is 5.78. The first-order chi connectivity index (χ1) is 6.33. The molecule has 0 N–H and O–H groups in total. The van der Waals surface area contributed by atoms with Gasteiger partial charge in [0.05, 0.1) is 0 Å². The molecule has 0 radical (unpaired) electrons. The Labute approximate surface area is 82.9 Å². The maximum atomic E-state index is 5.99. The minimum atomic E-state index is -1.67. The Balaban J connectivity index is 2.28. The molecule has 1 fully saturated rings. The fraction of sp³-hybridized carbons (Fsp3) is 1.00. The Hall–Kier alpha value is 0.137. The van der Waals surface area contributed by atoms with Gasteiger partial charge in [0.2, 0.25) is 0 Å². The lowest BCUT2D eigenvalue weighted by atomic mass is 10.4. The van der Waals surface area contributed by atoms with Crippen molar-refractivity contribution >= 4 is 8.56 Å². The molecule has 0 aliphatic carbocycles. The molecule has 0 atom stereocenters. The molecule has 2 nitrogen and oxygen atoms in total. The van der Waals surface area contributed by atoms with E-state index in [4.69, 9.17) is 8.85 Å². The summed E-state index contributed by atoms with van der Waals surface area (Å²) in [6.07, 6.45) is 5.04. The van der Waals surface area contributed by atoms with Gasteiger partial charge in [0.15, 0.2) is 0 Å². The van der Waals surface area contributed by atoms with Crippen molar-refractivity contribution in [1.82, 2.24) is 0 Å². The Morgan fingerprint density at radius 3 is 2.31 bits per heavy atom. The molecule has 1 aliphatic heterocycles. The van der Waals surface area contributed by atoms with E-state index in [0.717, 1.165) is 13.2 Å². The van der Waals surface area contributed by atoms with Crippen LogP contribution in [-0.2, 0) is 8.85 Å². The van der Waals surface area contributed by atoms with E-state index in [2.05, 4.69) is 13.8 Å². The second-order valence-corrected chi connectivity index (χ2v) is 7.15. The molecule has 0 unspecified atom stereocenters. The largest absolute Gasteiger partial charge is 0.394 e. The number of hydrogen-bond donors (Lipinski definition) is 0. The van der Waals surface area contributed by atoms with Gasteiger partial charge in [0.25, 0.3) is 0 Å². The van der Waals surface area contributed by atoms with Crippen molar-refractivity contribution in [2.24, 2.45) is 0 Å². The van der Waals surface area contributed by atoms with Crippen LogP contribution in [0.25, 0.3) is 0 Å². The van der Waals surface area contributed by atoms with Crippen LogP contribution in [0.2, 0.25) is 12.1 Å². The molecule has 0 saturated carbocycles. The van der Waals surface area contributed by atoms with Crippen LogP contribution in [0.5, 0.6) is 0 Å². The summed E-state index contributed by atoms with van der Waals surface area (Å²) < 4.78 is 11.8. The van der Waals surface area contributed by atoms with Gasteiger partial charge < -0.3 is 8.85 Å². The summed E-state index contributed by atoms with van der Waals surface area (Å²) in [5.41, 5.74) is 0. The predicted molar refractivity (Wildman–Crippen MR) is 57.1 cm³/mol. The second-order valence-electron chi connectivity index (χ2n) is 3.75. The van der Waals surface area contributed by atoms with E-state index in [9.17, 15) is 0 Å². The van der Waals surface area contributed by atoms with Gasteiger partial charge in [-0.2, -0.15) is 0 Å². The van der Waals surface area contributed by atoms with Gasteiger partial charge in [-0.05, 0) is 25.4 Å². The Kier molecular flexibility index (Phi) is 4.99. The topological polar surface area (TPSA) is 18.5 Å². The van der Waals surface area contributed by atoms with Gasteiger partial charge in [-0.15, -0.1) is 0 Å². The SMILES string of the molecule is CCCCO[Si]1(OCC)CCCC1. The van der Waals surface area contributed by atoms with E-state index >= 15 is 0 Å². The van der Waals surface area contributed by atoms with Crippen LogP contribution < -0.4 is 0 Å². The molecule has 3 heteroatoms. The molecule has 0 aromatic heterocycles. The Bertz CT molecular complexity index is 133. The van der Waals surface area contributed by atoms with E-state index in [-0.39, 0.29) is 0 Å². The van der Waals surface area contributed by atoms with E-state index in [1.165, 1.54) is 37.8 Å². The van der Waals surface area contributed by atoms with Crippen molar-refractivity contribution < 1.29 is 8.85 Å². The van der Waals surface area contributed by atoms with E-state index in [0.29, 0.717) is 0 Å². The van der Waals surface area contributed by atoms with Crippen molar-refractivity contribution in [3.63, 3.8) is 0 Å². The van der Waals surface area contributed by atoms with Crippen LogP contribution in [0, 0.1) is 0 Å². The average molecular weight is 202 g/mol. The third-order valence-corrected chi connectivity index (χ3v) is 6.41.